The van der Waals surface area contributed by atoms with Crippen LogP contribution in [0.25, 0.3) is 10.8 Å². The number of rotatable bonds is 5. The number of ketones is 1. The summed E-state index contributed by atoms with van der Waals surface area (Å²) in [5.74, 6) is -1.07. The number of ether oxygens (including phenoxy) is 1. The zero-order chi connectivity index (χ0) is 23.9. The van der Waals surface area contributed by atoms with Crippen molar-refractivity contribution in [3.8, 4) is 0 Å². The summed E-state index contributed by atoms with van der Waals surface area (Å²) >= 11 is 0. The summed E-state index contributed by atoms with van der Waals surface area (Å²) < 4.78 is 6.59. The van der Waals surface area contributed by atoms with E-state index in [0.29, 0.717) is 10.8 Å². The first-order valence-corrected chi connectivity index (χ1v) is 10.9. The number of likely N-dealkylation sites (N-methyl/N-ethyl adjacent to an activating group) is 1. The number of anilines is 1. The van der Waals surface area contributed by atoms with Crippen molar-refractivity contribution < 1.29 is 14.3 Å². The Morgan fingerprint density at radius 2 is 1.70 bits per heavy atom. The maximum absolute atomic E-state index is 12.9. The topological polar surface area (TPSA) is 81.5 Å². The highest BCUT2D eigenvalue weighted by Gasteiger charge is 2.38. The minimum atomic E-state index is -0.741. The lowest BCUT2D eigenvalue weighted by atomic mass is 9.83. The van der Waals surface area contributed by atoms with Crippen LogP contribution in [0.3, 0.4) is 0 Å². The van der Waals surface area contributed by atoms with E-state index in [1.807, 2.05) is 44.0 Å². The minimum Gasteiger partial charge on any atom is -0.453 e. The average molecular weight is 446 g/mol. The van der Waals surface area contributed by atoms with Gasteiger partial charge in [-0.25, -0.2) is 9.48 Å². The van der Waals surface area contributed by atoms with Crippen LogP contribution < -0.4 is 10.5 Å². The van der Waals surface area contributed by atoms with Gasteiger partial charge < -0.3 is 9.64 Å². The molecule has 0 unspecified atom stereocenters. The Kier molecular flexibility index (Phi) is 5.66. The summed E-state index contributed by atoms with van der Waals surface area (Å²) in [6, 6.07) is 14.5. The van der Waals surface area contributed by atoms with Crippen LogP contribution in [0.5, 0.6) is 0 Å². The number of nitrogens with zero attached hydrogens (tertiary/aromatic N) is 3. The summed E-state index contributed by atoms with van der Waals surface area (Å²) in [7, 11) is 1.92. The first-order valence-electron chi connectivity index (χ1n) is 10.9. The smallest absolute Gasteiger partial charge is 0.359 e. The number of carbonyl (C=O) groups is 2. The third-order valence-electron chi connectivity index (χ3n) is 6.09. The lowest BCUT2D eigenvalue weighted by Gasteiger charge is -2.23. The molecule has 2 aromatic carbocycles. The molecule has 7 heteroatoms. The zero-order valence-corrected chi connectivity index (χ0v) is 19.5. The van der Waals surface area contributed by atoms with E-state index < -0.39 is 12.6 Å². The highest BCUT2D eigenvalue weighted by atomic mass is 16.5. The Labute approximate surface area is 192 Å². The fourth-order valence-electron chi connectivity index (χ4n) is 4.37. The second kappa shape index (κ2) is 8.31. The van der Waals surface area contributed by atoms with Gasteiger partial charge >= 0.3 is 5.97 Å². The van der Waals surface area contributed by atoms with Crippen LogP contribution in [0, 0.1) is 0 Å². The van der Waals surface area contributed by atoms with Gasteiger partial charge in [0.2, 0.25) is 0 Å². The summed E-state index contributed by atoms with van der Waals surface area (Å²) in [5.41, 5.74) is 2.41. The van der Waals surface area contributed by atoms with E-state index in [2.05, 4.69) is 25.0 Å². The third-order valence-corrected chi connectivity index (χ3v) is 6.09. The molecule has 0 atom stereocenters. The van der Waals surface area contributed by atoms with E-state index >= 15 is 0 Å². The van der Waals surface area contributed by atoms with Gasteiger partial charge in [-0.15, -0.1) is 0 Å². The van der Waals surface area contributed by atoms with Crippen LogP contribution in [0.2, 0.25) is 0 Å². The molecule has 0 saturated carbocycles. The molecule has 0 aliphatic carbocycles. The number of allylic oxidation sites excluding steroid dienone is 1. The van der Waals surface area contributed by atoms with Crippen molar-refractivity contribution in [2.75, 3.05) is 18.6 Å². The first kappa shape index (κ1) is 22.5. The molecular weight excluding hydrogens is 418 g/mol. The van der Waals surface area contributed by atoms with Gasteiger partial charge in [0.1, 0.15) is 0 Å². The molecule has 3 aromatic rings. The van der Waals surface area contributed by atoms with Gasteiger partial charge in [0.15, 0.2) is 18.1 Å². The average Bonchev–Trinajstić information content (AvgIpc) is 2.98. The zero-order valence-electron chi connectivity index (χ0n) is 19.5. The molecule has 0 bridgehead atoms. The van der Waals surface area contributed by atoms with Gasteiger partial charge in [-0.05, 0) is 31.5 Å². The van der Waals surface area contributed by atoms with Crippen molar-refractivity contribution in [3.05, 3.63) is 81.9 Å². The van der Waals surface area contributed by atoms with Crippen molar-refractivity contribution in [3.63, 3.8) is 0 Å². The van der Waals surface area contributed by atoms with E-state index in [1.54, 1.807) is 24.3 Å². The summed E-state index contributed by atoms with van der Waals surface area (Å²) in [6.07, 6.45) is 1.54. The molecule has 0 saturated heterocycles. The monoisotopic (exact) mass is 445 g/mol. The van der Waals surface area contributed by atoms with Crippen molar-refractivity contribution in [2.24, 2.45) is 0 Å². The Morgan fingerprint density at radius 1 is 1.06 bits per heavy atom. The lowest BCUT2D eigenvalue weighted by molar-refractivity contribution is -0.117. The van der Waals surface area contributed by atoms with Gasteiger partial charge in [0, 0.05) is 35.3 Å². The number of hydrogen-bond donors (Lipinski definition) is 0. The number of carbonyl (C=O) groups excluding carboxylic acids is 2. The molecule has 0 N–H and O–H groups in total. The fourth-order valence-corrected chi connectivity index (χ4v) is 4.37. The molecule has 170 valence electrons. The van der Waals surface area contributed by atoms with E-state index in [0.717, 1.165) is 16.9 Å². The van der Waals surface area contributed by atoms with E-state index in [9.17, 15) is 14.4 Å². The normalized spacial score (nSPS) is 15.8. The SMILES string of the molecule is CC(C)n1nc(C(=O)OCC(=O)/C=C2\N(C)c3ccccc3C2(C)C)c2ccccc2c1=O. The maximum atomic E-state index is 12.9. The summed E-state index contributed by atoms with van der Waals surface area (Å²) in [6.45, 7) is 7.33. The molecule has 4 rings (SSSR count). The second-order valence-corrected chi connectivity index (χ2v) is 9.01. The van der Waals surface area contributed by atoms with Gasteiger partial charge in [-0.2, -0.15) is 5.10 Å². The van der Waals surface area contributed by atoms with Gasteiger partial charge in [-0.3, -0.25) is 9.59 Å². The largest absolute Gasteiger partial charge is 0.453 e. The van der Waals surface area contributed by atoms with Crippen molar-refractivity contribution in [1.82, 2.24) is 9.78 Å². The summed E-state index contributed by atoms with van der Waals surface area (Å²) in [5, 5.41) is 5.03. The Morgan fingerprint density at radius 3 is 2.36 bits per heavy atom. The lowest BCUT2D eigenvalue weighted by Crippen LogP contribution is -2.28. The maximum Gasteiger partial charge on any atom is 0.359 e. The molecule has 0 radical (unpaired) electrons. The van der Waals surface area contributed by atoms with Gasteiger partial charge in [0.05, 0.1) is 11.4 Å². The molecule has 0 spiro atoms. The highest BCUT2D eigenvalue weighted by molar-refractivity contribution is 6.03. The standard InChI is InChI=1S/C26H27N3O4/c1-16(2)29-24(31)19-11-7-6-10-18(19)23(27-29)25(32)33-15-17(30)14-22-26(3,4)20-12-8-9-13-21(20)28(22)5/h6-14,16H,15H2,1-5H3/b22-14-. The Hall–Kier alpha value is -3.74. The number of para-hydroxylation sites is 1. The van der Waals surface area contributed by atoms with Crippen molar-refractivity contribution in [2.45, 2.75) is 39.2 Å². The second-order valence-electron chi connectivity index (χ2n) is 9.01. The fraction of sp³-hybridized carbons (Fsp3) is 0.308. The highest BCUT2D eigenvalue weighted by Crippen LogP contribution is 2.46. The molecule has 1 aliphatic rings. The summed E-state index contributed by atoms with van der Waals surface area (Å²) in [4.78, 5) is 40.3. The van der Waals surface area contributed by atoms with Crippen molar-refractivity contribution in [1.29, 1.82) is 0 Å². The predicted octanol–water partition coefficient (Wildman–Crippen LogP) is 4.01. The van der Waals surface area contributed by atoms with Crippen LogP contribution in [0.1, 0.15) is 49.8 Å². The Bertz CT molecular complexity index is 1350. The molecule has 2 heterocycles. The molecule has 7 nitrogen and oxygen atoms in total. The van der Waals surface area contributed by atoms with Crippen LogP contribution in [0.15, 0.2) is 65.1 Å². The number of esters is 1. The molecule has 0 amide bonds. The van der Waals surface area contributed by atoms with E-state index in [-0.39, 0.29) is 28.5 Å². The number of fused-ring (bicyclic) bond motifs is 2. The molecule has 33 heavy (non-hydrogen) atoms. The van der Waals surface area contributed by atoms with E-state index in [1.165, 1.54) is 10.8 Å². The molecule has 1 aromatic heterocycles. The van der Waals surface area contributed by atoms with Crippen LogP contribution in [0.4, 0.5) is 5.69 Å². The minimum absolute atomic E-state index is 0.0186. The Balaban J connectivity index is 1.58. The number of hydrogen-bond acceptors (Lipinski definition) is 6. The quantitative estimate of drug-likeness (QED) is 0.436. The number of benzene rings is 2. The van der Waals surface area contributed by atoms with E-state index in [4.69, 9.17) is 4.74 Å². The van der Waals surface area contributed by atoms with Crippen LogP contribution >= 0.6 is 0 Å². The number of aromatic nitrogens is 2. The van der Waals surface area contributed by atoms with Crippen LogP contribution in [-0.2, 0) is 14.9 Å². The van der Waals surface area contributed by atoms with Gasteiger partial charge in [-0.1, -0.05) is 50.2 Å². The molecule has 0 fully saturated rings. The van der Waals surface area contributed by atoms with Crippen molar-refractivity contribution >= 4 is 28.2 Å². The third kappa shape index (κ3) is 3.84. The van der Waals surface area contributed by atoms with Crippen LogP contribution in [-0.4, -0.2) is 35.2 Å². The first-order chi connectivity index (χ1) is 15.6. The predicted molar refractivity (Wildman–Crippen MR) is 128 cm³/mol. The van der Waals surface area contributed by atoms with Gasteiger partial charge in [0.25, 0.3) is 5.56 Å². The molecule has 1 aliphatic heterocycles. The molecular formula is C26H27N3O4.